The average Bonchev–Trinajstić information content (AvgIpc) is 2.61. The molecule has 2 aromatic carbocycles. The molecule has 0 aromatic heterocycles. The number of sulfonamides is 2. The van der Waals surface area contributed by atoms with Gasteiger partial charge in [-0.3, -0.25) is 4.79 Å². The molecule has 158 valence electrons. The lowest BCUT2D eigenvalue weighted by Gasteiger charge is -2.20. The van der Waals surface area contributed by atoms with Gasteiger partial charge in [0.25, 0.3) is 0 Å². The summed E-state index contributed by atoms with van der Waals surface area (Å²) < 4.78 is 53.6. The van der Waals surface area contributed by atoms with Crippen LogP contribution in [-0.2, 0) is 24.8 Å². The van der Waals surface area contributed by atoms with Gasteiger partial charge in [0.1, 0.15) is 0 Å². The molecule has 0 saturated carbocycles. The van der Waals surface area contributed by atoms with Gasteiger partial charge in [0.2, 0.25) is 26.0 Å². The highest BCUT2D eigenvalue weighted by molar-refractivity contribution is 7.89. The van der Waals surface area contributed by atoms with E-state index in [-0.39, 0.29) is 22.8 Å². The zero-order valence-electron chi connectivity index (χ0n) is 16.5. The van der Waals surface area contributed by atoms with E-state index in [2.05, 4.69) is 14.8 Å². The van der Waals surface area contributed by atoms with Crippen LogP contribution in [0.4, 0.5) is 5.69 Å². The van der Waals surface area contributed by atoms with Gasteiger partial charge in [-0.15, -0.1) is 0 Å². The highest BCUT2D eigenvalue weighted by Gasteiger charge is 2.21. The van der Waals surface area contributed by atoms with Crippen molar-refractivity contribution in [3.8, 4) is 0 Å². The van der Waals surface area contributed by atoms with Gasteiger partial charge >= 0.3 is 0 Å². The fourth-order valence-electron chi connectivity index (χ4n) is 2.38. The first-order chi connectivity index (χ1) is 13.4. The number of nitrogens with one attached hydrogen (secondary N) is 3. The second kappa shape index (κ2) is 9.04. The number of rotatable bonds is 8. The zero-order chi connectivity index (χ0) is 21.7. The van der Waals surface area contributed by atoms with Crippen molar-refractivity contribution in [1.82, 2.24) is 9.44 Å². The minimum atomic E-state index is -3.67. The minimum Gasteiger partial charge on any atom is -0.326 e. The maximum absolute atomic E-state index is 12.3. The molecule has 10 heteroatoms. The molecule has 0 bridgehead atoms. The van der Waals surface area contributed by atoms with Crippen molar-refractivity contribution < 1.29 is 21.6 Å². The Bertz CT molecular complexity index is 1040. The number of hydrogen-bond donors (Lipinski definition) is 3. The number of carbonyl (C=O) groups is 1. The fraction of sp³-hybridized carbons (Fsp3) is 0.316. The summed E-state index contributed by atoms with van der Waals surface area (Å²) in [4.78, 5) is 12.2. The lowest BCUT2D eigenvalue weighted by molar-refractivity contribution is -0.116. The summed E-state index contributed by atoms with van der Waals surface area (Å²) in [5.41, 5.74) is -0.200. The van der Waals surface area contributed by atoms with Gasteiger partial charge in [-0.2, -0.15) is 0 Å². The van der Waals surface area contributed by atoms with Crippen LogP contribution in [0.5, 0.6) is 0 Å². The quantitative estimate of drug-likeness (QED) is 0.581. The smallest absolute Gasteiger partial charge is 0.241 e. The molecule has 29 heavy (non-hydrogen) atoms. The summed E-state index contributed by atoms with van der Waals surface area (Å²) in [6.07, 6.45) is -0.0717. The summed E-state index contributed by atoms with van der Waals surface area (Å²) >= 11 is 0. The van der Waals surface area contributed by atoms with Gasteiger partial charge < -0.3 is 5.32 Å². The van der Waals surface area contributed by atoms with Crippen molar-refractivity contribution in [3.63, 3.8) is 0 Å². The van der Waals surface area contributed by atoms with Gasteiger partial charge in [0.05, 0.1) is 9.79 Å². The Hall–Kier alpha value is -2.27. The van der Waals surface area contributed by atoms with Crippen LogP contribution in [0.1, 0.15) is 27.2 Å². The van der Waals surface area contributed by atoms with Crippen LogP contribution in [0, 0.1) is 0 Å². The van der Waals surface area contributed by atoms with Crippen LogP contribution in [0.3, 0.4) is 0 Å². The van der Waals surface area contributed by atoms with Gasteiger partial charge in [-0.25, -0.2) is 26.3 Å². The predicted octanol–water partition coefficient (Wildman–Crippen LogP) is 2.07. The summed E-state index contributed by atoms with van der Waals surface area (Å²) in [7, 11) is -7.33. The van der Waals surface area contributed by atoms with Crippen molar-refractivity contribution in [2.75, 3.05) is 11.9 Å². The molecule has 8 nitrogen and oxygen atoms in total. The van der Waals surface area contributed by atoms with E-state index in [1.807, 2.05) is 0 Å². The van der Waals surface area contributed by atoms with E-state index in [0.29, 0.717) is 5.69 Å². The van der Waals surface area contributed by atoms with Gasteiger partial charge in [-0.1, -0.05) is 18.2 Å². The van der Waals surface area contributed by atoms with E-state index in [0.717, 1.165) is 0 Å². The fourth-order valence-corrected chi connectivity index (χ4v) is 4.86. The number of amides is 1. The van der Waals surface area contributed by atoms with Crippen LogP contribution in [0.25, 0.3) is 0 Å². The lowest BCUT2D eigenvalue weighted by Crippen LogP contribution is -2.40. The molecule has 0 aliphatic carbocycles. The monoisotopic (exact) mass is 439 g/mol. The molecule has 0 heterocycles. The van der Waals surface area contributed by atoms with Crippen molar-refractivity contribution in [3.05, 3.63) is 54.6 Å². The molecule has 0 spiro atoms. The van der Waals surface area contributed by atoms with Crippen molar-refractivity contribution in [2.24, 2.45) is 0 Å². The molecular formula is C19H25N3O5S2. The Balaban J connectivity index is 1.90. The summed E-state index contributed by atoms with van der Waals surface area (Å²) in [5.74, 6) is -0.399. The summed E-state index contributed by atoms with van der Waals surface area (Å²) in [5, 5.41) is 2.61. The number of hydrogen-bond acceptors (Lipinski definition) is 5. The highest BCUT2D eigenvalue weighted by atomic mass is 32.2. The molecule has 2 rings (SSSR count). The Kier molecular flexibility index (Phi) is 7.17. The molecule has 0 fully saturated rings. The average molecular weight is 440 g/mol. The number of anilines is 1. The van der Waals surface area contributed by atoms with Gasteiger partial charge in [0.15, 0.2) is 0 Å². The van der Waals surface area contributed by atoms with E-state index in [1.54, 1.807) is 39.0 Å². The first-order valence-corrected chi connectivity index (χ1v) is 11.8. The SMILES string of the molecule is CC(C)(C)NS(=O)(=O)c1ccc(NC(=O)CCNS(=O)(=O)c2ccccc2)cc1. The molecule has 0 aliphatic rings. The molecule has 3 N–H and O–H groups in total. The molecule has 0 radical (unpaired) electrons. The van der Waals surface area contributed by atoms with E-state index in [9.17, 15) is 21.6 Å². The minimum absolute atomic E-state index is 0.0645. The summed E-state index contributed by atoms with van der Waals surface area (Å²) in [6.45, 7) is 5.16. The van der Waals surface area contributed by atoms with Crippen molar-refractivity contribution in [2.45, 2.75) is 42.5 Å². The van der Waals surface area contributed by atoms with E-state index in [1.165, 1.54) is 36.4 Å². The van der Waals surface area contributed by atoms with Crippen molar-refractivity contribution >= 4 is 31.6 Å². The van der Waals surface area contributed by atoms with Crippen molar-refractivity contribution in [1.29, 1.82) is 0 Å². The number of benzene rings is 2. The molecule has 0 atom stereocenters. The van der Waals surface area contributed by atoms with Crippen LogP contribution in [0.15, 0.2) is 64.4 Å². The van der Waals surface area contributed by atoms with Gasteiger partial charge in [0, 0.05) is 24.2 Å². The summed E-state index contributed by atoms with van der Waals surface area (Å²) in [6, 6.07) is 13.6. The molecular weight excluding hydrogens is 414 g/mol. The van der Waals surface area contributed by atoms with Crippen LogP contribution >= 0.6 is 0 Å². The Morgan fingerprint density at radius 2 is 1.38 bits per heavy atom. The van der Waals surface area contributed by atoms with Crippen LogP contribution in [-0.4, -0.2) is 34.8 Å². The largest absolute Gasteiger partial charge is 0.326 e. The second-order valence-corrected chi connectivity index (χ2v) is 10.8. The normalized spacial score (nSPS) is 12.5. The third kappa shape index (κ3) is 7.24. The standard InChI is InChI=1S/C19H25N3O5S2/c1-19(2,3)22-29(26,27)17-11-9-15(10-12-17)21-18(23)13-14-20-28(24,25)16-7-5-4-6-8-16/h4-12,20,22H,13-14H2,1-3H3,(H,21,23). The van der Waals surface area contributed by atoms with Gasteiger partial charge in [-0.05, 0) is 57.2 Å². The number of carbonyl (C=O) groups excluding carboxylic acids is 1. The van der Waals surface area contributed by atoms with E-state index >= 15 is 0 Å². The first kappa shape index (κ1) is 23.0. The van der Waals surface area contributed by atoms with E-state index in [4.69, 9.17) is 0 Å². The first-order valence-electron chi connectivity index (χ1n) is 8.88. The molecule has 0 aliphatic heterocycles. The third-order valence-electron chi connectivity index (χ3n) is 3.59. The molecule has 0 unspecified atom stereocenters. The maximum Gasteiger partial charge on any atom is 0.241 e. The Morgan fingerprint density at radius 1 is 0.828 bits per heavy atom. The zero-order valence-corrected chi connectivity index (χ0v) is 18.1. The predicted molar refractivity (Wildman–Crippen MR) is 111 cm³/mol. The van der Waals surface area contributed by atoms with Crippen LogP contribution in [0.2, 0.25) is 0 Å². The highest BCUT2D eigenvalue weighted by Crippen LogP contribution is 2.16. The molecule has 0 saturated heterocycles. The van der Waals surface area contributed by atoms with Crippen LogP contribution < -0.4 is 14.8 Å². The molecule has 2 aromatic rings. The maximum atomic E-state index is 12.3. The second-order valence-electron chi connectivity index (χ2n) is 7.39. The molecule has 1 amide bonds. The third-order valence-corrected chi connectivity index (χ3v) is 6.84. The lowest BCUT2D eigenvalue weighted by atomic mass is 10.1. The van der Waals surface area contributed by atoms with E-state index < -0.39 is 31.5 Å². The topological polar surface area (TPSA) is 121 Å². The Labute approximate surface area is 171 Å². The Morgan fingerprint density at radius 3 is 1.93 bits per heavy atom.